The number of benzene rings is 1. The van der Waals surface area contributed by atoms with Crippen molar-refractivity contribution in [1.82, 2.24) is 4.72 Å². The number of anilines is 1. The Morgan fingerprint density at radius 3 is 2.25 bits per heavy atom. The summed E-state index contributed by atoms with van der Waals surface area (Å²) in [5, 5.41) is 0. The maximum atomic E-state index is 11.2. The van der Waals surface area contributed by atoms with Crippen LogP contribution < -0.4 is 18.9 Å². The van der Waals surface area contributed by atoms with Crippen LogP contribution >= 0.6 is 0 Å². The molecule has 1 rings (SSSR count). The van der Waals surface area contributed by atoms with E-state index in [9.17, 15) is 8.42 Å². The smallest absolute Gasteiger partial charge is 0.298 e. The van der Waals surface area contributed by atoms with E-state index in [4.69, 9.17) is 9.47 Å². The summed E-state index contributed by atoms with van der Waals surface area (Å²) in [6, 6.07) is 4.73. The van der Waals surface area contributed by atoms with Crippen LogP contribution in [0.25, 0.3) is 0 Å². The molecule has 1 aromatic rings. The van der Waals surface area contributed by atoms with E-state index in [1.165, 1.54) is 27.3 Å². The molecule has 16 heavy (non-hydrogen) atoms. The Morgan fingerprint density at radius 1 is 1.12 bits per heavy atom. The van der Waals surface area contributed by atoms with E-state index in [2.05, 4.69) is 9.44 Å². The molecule has 0 bridgehead atoms. The van der Waals surface area contributed by atoms with Crippen LogP contribution in [0.5, 0.6) is 11.5 Å². The van der Waals surface area contributed by atoms with Crippen molar-refractivity contribution in [2.45, 2.75) is 0 Å². The first-order valence-corrected chi connectivity index (χ1v) is 5.94. The maximum absolute atomic E-state index is 11.2. The molecule has 0 unspecified atom stereocenters. The number of nitrogens with one attached hydrogen (secondary N) is 2. The SMILES string of the molecule is CNS(=O)(=O)Nc1ccc(OC)c(OC)c1. The maximum Gasteiger partial charge on any atom is 0.298 e. The highest BCUT2D eigenvalue weighted by atomic mass is 32.2. The lowest BCUT2D eigenvalue weighted by molar-refractivity contribution is 0.355. The molecule has 7 heteroatoms. The Kier molecular flexibility index (Phi) is 3.97. The van der Waals surface area contributed by atoms with E-state index >= 15 is 0 Å². The van der Waals surface area contributed by atoms with Gasteiger partial charge in [0.05, 0.1) is 19.9 Å². The summed E-state index contributed by atoms with van der Waals surface area (Å²) in [7, 11) is 0.799. The van der Waals surface area contributed by atoms with Crippen LogP contribution in [0.1, 0.15) is 0 Å². The van der Waals surface area contributed by atoms with Crippen molar-refractivity contribution < 1.29 is 17.9 Å². The summed E-state index contributed by atoms with van der Waals surface area (Å²) in [6.07, 6.45) is 0. The number of hydrogen-bond acceptors (Lipinski definition) is 4. The number of hydrogen-bond donors (Lipinski definition) is 2. The van der Waals surface area contributed by atoms with Gasteiger partial charge in [0, 0.05) is 13.1 Å². The minimum Gasteiger partial charge on any atom is -0.493 e. The van der Waals surface area contributed by atoms with Gasteiger partial charge in [-0.2, -0.15) is 8.42 Å². The Balaban J connectivity index is 3.00. The van der Waals surface area contributed by atoms with Gasteiger partial charge in [0.15, 0.2) is 11.5 Å². The summed E-state index contributed by atoms with van der Waals surface area (Å²) in [5.41, 5.74) is 0.395. The molecular weight excluding hydrogens is 232 g/mol. The molecule has 0 aliphatic heterocycles. The highest BCUT2D eigenvalue weighted by Crippen LogP contribution is 2.29. The molecule has 0 radical (unpaired) electrons. The van der Waals surface area contributed by atoms with Gasteiger partial charge in [0.25, 0.3) is 10.2 Å². The largest absolute Gasteiger partial charge is 0.493 e. The summed E-state index contributed by atoms with van der Waals surface area (Å²) >= 11 is 0. The van der Waals surface area contributed by atoms with Gasteiger partial charge in [-0.3, -0.25) is 4.72 Å². The number of ether oxygens (including phenoxy) is 2. The van der Waals surface area contributed by atoms with Gasteiger partial charge in [-0.15, -0.1) is 0 Å². The molecule has 0 fully saturated rings. The Bertz CT molecular complexity index is 459. The van der Waals surface area contributed by atoms with E-state index in [0.717, 1.165) is 0 Å². The fraction of sp³-hybridized carbons (Fsp3) is 0.333. The highest BCUT2D eigenvalue weighted by molar-refractivity contribution is 7.90. The van der Waals surface area contributed by atoms with Crippen LogP contribution in [0, 0.1) is 0 Å². The highest BCUT2D eigenvalue weighted by Gasteiger charge is 2.09. The first-order valence-electron chi connectivity index (χ1n) is 4.45. The summed E-state index contributed by atoms with van der Waals surface area (Å²) < 4.78 is 37.0. The monoisotopic (exact) mass is 246 g/mol. The van der Waals surface area contributed by atoms with Crippen molar-refractivity contribution in [3.8, 4) is 11.5 Å². The average molecular weight is 246 g/mol. The summed E-state index contributed by atoms with van der Waals surface area (Å²) in [4.78, 5) is 0. The number of rotatable bonds is 5. The van der Waals surface area contributed by atoms with E-state index in [1.807, 2.05) is 0 Å². The fourth-order valence-electron chi connectivity index (χ4n) is 1.11. The Morgan fingerprint density at radius 2 is 1.75 bits per heavy atom. The second-order valence-corrected chi connectivity index (χ2v) is 4.50. The first-order chi connectivity index (χ1) is 7.52. The van der Waals surface area contributed by atoms with Gasteiger partial charge < -0.3 is 9.47 Å². The molecular formula is C9H14N2O4S. The molecule has 0 atom stereocenters. The molecule has 0 spiro atoms. The molecule has 2 N–H and O–H groups in total. The van der Waals surface area contributed by atoms with E-state index < -0.39 is 10.2 Å². The lowest BCUT2D eigenvalue weighted by Crippen LogP contribution is -2.26. The summed E-state index contributed by atoms with van der Waals surface area (Å²) in [6.45, 7) is 0. The first kappa shape index (κ1) is 12.6. The molecule has 0 amide bonds. The lowest BCUT2D eigenvalue weighted by Gasteiger charge is -2.10. The molecule has 0 heterocycles. The van der Waals surface area contributed by atoms with Crippen molar-refractivity contribution in [2.24, 2.45) is 0 Å². The van der Waals surface area contributed by atoms with Crippen LogP contribution in [-0.4, -0.2) is 29.7 Å². The molecule has 90 valence electrons. The predicted molar refractivity (Wildman–Crippen MR) is 61.1 cm³/mol. The standard InChI is InChI=1S/C9H14N2O4S/c1-10-16(12,13)11-7-4-5-8(14-2)9(6-7)15-3/h4-6,10-11H,1-3H3. The molecule has 1 aromatic carbocycles. The van der Waals surface area contributed by atoms with E-state index in [0.29, 0.717) is 17.2 Å². The van der Waals surface area contributed by atoms with Gasteiger partial charge in [0.1, 0.15) is 0 Å². The topological polar surface area (TPSA) is 76.7 Å². The van der Waals surface area contributed by atoms with Crippen LogP contribution in [0.4, 0.5) is 5.69 Å². The van der Waals surface area contributed by atoms with Crippen molar-refractivity contribution >= 4 is 15.9 Å². The van der Waals surface area contributed by atoms with Crippen LogP contribution in [0.15, 0.2) is 18.2 Å². The zero-order valence-corrected chi connectivity index (χ0v) is 10.1. The van der Waals surface area contributed by atoms with Crippen molar-refractivity contribution in [1.29, 1.82) is 0 Å². The third-order valence-corrected chi connectivity index (χ3v) is 2.95. The van der Waals surface area contributed by atoms with Crippen molar-refractivity contribution in [3.05, 3.63) is 18.2 Å². The van der Waals surface area contributed by atoms with Crippen LogP contribution in [-0.2, 0) is 10.2 Å². The minimum atomic E-state index is -3.51. The fourth-order valence-corrected chi connectivity index (χ4v) is 1.65. The quantitative estimate of drug-likeness (QED) is 0.796. The van der Waals surface area contributed by atoms with Gasteiger partial charge in [0.2, 0.25) is 0 Å². The zero-order valence-electron chi connectivity index (χ0n) is 9.27. The van der Waals surface area contributed by atoms with E-state index in [1.54, 1.807) is 12.1 Å². The molecule has 0 aliphatic rings. The van der Waals surface area contributed by atoms with Gasteiger partial charge in [-0.05, 0) is 12.1 Å². The molecule has 0 saturated carbocycles. The van der Waals surface area contributed by atoms with Crippen molar-refractivity contribution in [3.63, 3.8) is 0 Å². The Hall–Kier alpha value is -1.47. The third-order valence-electron chi connectivity index (χ3n) is 1.90. The normalized spacial score (nSPS) is 10.9. The number of methoxy groups -OCH3 is 2. The predicted octanol–water partition coefficient (Wildman–Crippen LogP) is 0.580. The molecule has 0 aliphatic carbocycles. The molecule has 6 nitrogen and oxygen atoms in total. The van der Waals surface area contributed by atoms with Crippen LogP contribution in [0.2, 0.25) is 0 Å². The van der Waals surface area contributed by atoms with E-state index in [-0.39, 0.29) is 0 Å². The second kappa shape index (κ2) is 5.04. The van der Waals surface area contributed by atoms with Gasteiger partial charge in [-0.25, -0.2) is 4.72 Å². The molecule has 0 saturated heterocycles. The lowest BCUT2D eigenvalue weighted by atomic mass is 10.3. The summed E-state index contributed by atoms with van der Waals surface area (Å²) in [5.74, 6) is 0.994. The zero-order chi connectivity index (χ0) is 12.2. The van der Waals surface area contributed by atoms with Crippen molar-refractivity contribution in [2.75, 3.05) is 26.0 Å². The Labute approximate surface area is 94.7 Å². The molecule has 0 aromatic heterocycles. The average Bonchev–Trinajstić information content (AvgIpc) is 2.28. The minimum absolute atomic E-state index is 0.395. The van der Waals surface area contributed by atoms with Crippen LogP contribution in [0.3, 0.4) is 0 Å². The second-order valence-electron chi connectivity index (χ2n) is 2.88. The third kappa shape index (κ3) is 3.01. The van der Waals surface area contributed by atoms with Gasteiger partial charge in [-0.1, -0.05) is 0 Å². The van der Waals surface area contributed by atoms with Gasteiger partial charge >= 0.3 is 0 Å².